The maximum absolute atomic E-state index is 11.5. The second-order valence-corrected chi connectivity index (χ2v) is 5.93. The van der Waals surface area contributed by atoms with Gasteiger partial charge in [-0.25, -0.2) is 23.1 Å². The average molecular weight is 295 g/mol. The number of nitrogens with two attached hydrogens (primary N) is 1. The van der Waals surface area contributed by atoms with Crippen LogP contribution in [0.3, 0.4) is 0 Å². The summed E-state index contributed by atoms with van der Waals surface area (Å²) in [7, 11) is -3.55. The van der Waals surface area contributed by atoms with Gasteiger partial charge in [-0.05, 0) is 19.3 Å². The van der Waals surface area contributed by atoms with Crippen molar-refractivity contribution in [2.45, 2.75) is 38.6 Å². The van der Waals surface area contributed by atoms with Gasteiger partial charge in [-0.2, -0.15) is 0 Å². The first kappa shape index (κ1) is 17.6. The van der Waals surface area contributed by atoms with Gasteiger partial charge in [0.05, 0.1) is 5.75 Å². The summed E-state index contributed by atoms with van der Waals surface area (Å²) in [4.78, 5) is 22.7. The normalized spacial score (nSPS) is 11.9. The van der Waals surface area contributed by atoms with Gasteiger partial charge in [-0.3, -0.25) is 0 Å². The van der Waals surface area contributed by atoms with E-state index in [1.54, 1.807) is 13.8 Å². The molecule has 0 fully saturated rings. The highest BCUT2D eigenvalue weighted by Crippen LogP contribution is 2.14. The molecule has 0 aliphatic heterocycles. The summed E-state index contributed by atoms with van der Waals surface area (Å²) in [6, 6.07) is -0.638. The molecule has 0 atom stereocenters. The van der Waals surface area contributed by atoms with Crippen molar-refractivity contribution in [1.29, 1.82) is 0 Å². The van der Waals surface area contributed by atoms with Crippen LogP contribution in [-0.4, -0.2) is 43.4 Å². The summed E-state index contributed by atoms with van der Waals surface area (Å²) >= 11 is 0. The van der Waals surface area contributed by atoms with Crippen LogP contribution >= 0.6 is 0 Å². The van der Waals surface area contributed by atoms with Gasteiger partial charge in [0, 0.05) is 6.54 Å². The number of hydrogen-bond acceptors (Lipinski definition) is 4. The van der Waals surface area contributed by atoms with Gasteiger partial charge in [0.2, 0.25) is 10.0 Å². The van der Waals surface area contributed by atoms with Crippen LogP contribution in [-0.2, 0) is 14.8 Å². The molecule has 0 aromatic carbocycles. The maximum Gasteiger partial charge on any atom is 0.329 e. The molecule has 0 unspecified atom stereocenters. The lowest BCUT2D eigenvalue weighted by atomic mass is 9.93. The number of primary sulfonamides is 1. The Morgan fingerprint density at radius 2 is 1.79 bits per heavy atom. The monoisotopic (exact) mass is 295 g/mol. The van der Waals surface area contributed by atoms with E-state index in [4.69, 9.17) is 10.2 Å². The number of carboxylic acids is 1. The lowest BCUT2D eigenvalue weighted by molar-refractivity contribution is -0.144. The highest BCUT2D eigenvalue weighted by atomic mass is 32.2. The van der Waals surface area contributed by atoms with E-state index in [0.717, 1.165) is 0 Å². The summed E-state index contributed by atoms with van der Waals surface area (Å²) in [6.07, 6.45) is 0.678. The largest absolute Gasteiger partial charge is 0.480 e. The highest BCUT2D eigenvalue weighted by Gasteiger charge is 2.36. The van der Waals surface area contributed by atoms with Gasteiger partial charge in [0.25, 0.3) is 0 Å². The Morgan fingerprint density at radius 1 is 1.26 bits per heavy atom. The fraction of sp³-hybridized carbons (Fsp3) is 0.800. The summed E-state index contributed by atoms with van der Waals surface area (Å²) < 4.78 is 21.3. The Balaban J connectivity index is 4.26. The number of sulfonamides is 1. The van der Waals surface area contributed by atoms with Gasteiger partial charge >= 0.3 is 12.0 Å². The maximum atomic E-state index is 11.5. The number of carbonyl (C=O) groups excluding carboxylic acids is 1. The molecule has 0 spiro atoms. The van der Waals surface area contributed by atoms with Gasteiger partial charge in [0.1, 0.15) is 5.54 Å². The summed E-state index contributed by atoms with van der Waals surface area (Å²) in [6.45, 7) is 3.43. The Bertz CT molecular complexity index is 417. The number of carbonyl (C=O) groups is 2. The molecule has 9 heteroatoms. The number of nitrogens with one attached hydrogen (secondary N) is 2. The van der Waals surface area contributed by atoms with Crippen molar-refractivity contribution in [2.24, 2.45) is 5.14 Å². The van der Waals surface area contributed by atoms with Crippen LogP contribution in [0.15, 0.2) is 0 Å². The zero-order valence-electron chi connectivity index (χ0n) is 11.1. The predicted molar refractivity (Wildman–Crippen MR) is 70.1 cm³/mol. The van der Waals surface area contributed by atoms with Crippen molar-refractivity contribution in [3.8, 4) is 0 Å². The van der Waals surface area contributed by atoms with Crippen molar-refractivity contribution in [1.82, 2.24) is 10.6 Å². The zero-order valence-corrected chi connectivity index (χ0v) is 11.9. The molecule has 112 valence electrons. The van der Waals surface area contributed by atoms with Crippen LogP contribution in [0.25, 0.3) is 0 Å². The third kappa shape index (κ3) is 6.39. The van der Waals surface area contributed by atoms with Crippen molar-refractivity contribution >= 4 is 22.0 Å². The van der Waals surface area contributed by atoms with Gasteiger partial charge < -0.3 is 15.7 Å². The average Bonchev–Trinajstić information content (AvgIpc) is 2.30. The first-order valence-electron chi connectivity index (χ1n) is 5.96. The van der Waals surface area contributed by atoms with Crippen LogP contribution in [0.1, 0.15) is 33.1 Å². The lowest BCUT2D eigenvalue weighted by Gasteiger charge is -2.28. The number of urea groups is 1. The molecule has 19 heavy (non-hydrogen) atoms. The fourth-order valence-electron chi connectivity index (χ4n) is 1.52. The third-order valence-electron chi connectivity index (χ3n) is 2.86. The quantitative estimate of drug-likeness (QED) is 0.452. The number of carboxylic acid groups (broad SMARTS) is 1. The Morgan fingerprint density at radius 3 is 2.16 bits per heavy atom. The predicted octanol–water partition coefficient (Wildman–Crippen LogP) is -0.392. The fourth-order valence-corrected chi connectivity index (χ4v) is 2.07. The molecule has 0 aromatic rings. The molecule has 0 radical (unpaired) electrons. The van der Waals surface area contributed by atoms with Gasteiger partial charge in [-0.1, -0.05) is 13.8 Å². The summed E-state index contributed by atoms with van der Waals surface area (Å²) in [5, 5.41) is 18.7. The van der Waals surface area contributed by atoms with Crippen LogP contribution in [0.2, 0.25) is 0 Å². The molecule has 0 aromatic heterocycles. The topological polar surface area (TPSA) is 139 Å². The Labute approximate surface area is 112 Å². The van der Waals surface area contributed by atoms with E-state index >= 15 is 0 Å². The standard InChI is InChI=1S/C10H21N3O5S/c1-3-10(4-2,8(14)15)13-9(16)12-6-5-7-19(11,17)18/h3-7H2,1-2H3,(H,14,15)(H2,11,17,18)(H2,12,13,16). The minimum absolute atomic E-state index is 0.103. The van der Waals surface area contributed by atoms with Crippen molar-refractivity contribution < 1.29 is 23.1 Å². The van der Waals surface area contributed by atoms with E-state index in [-0.39, 0.29) is 31.6 Å². The van der Waals surface area contributed by atoms with Crippen LogP contribution in [0.4, 0.5) is 4.79 Å². The molecule has 8 nitrogen and oxygen atoms in total. The number of aliphatic carboxylic acids is 1. The smallest absolute Gasteiger partial charge is 0.329 e. The number of rotatable bonds is 8. The molecular weight excluding hydrogens is 274 g/mol. The van der Waals surface area contributed by atoms with E-state index in [1.807, 2.05) is 0 Å². The molecule has 0 aliphatic rings. The second-order valence-electron chi connectivity index (χ2n) is 4.20. The Hall–Kier alpha value is -1.35. The number of amides is 2. The van der Waals surface area contributed by atoms with E-state index < -0.39 is 27.6 Å². The van der Waals surface area contributed by atoms with Crippen molar-refractivity contribution in [3.05, 3.63) is 0 Å². The summed E-state index contributed by atoms with van der Waals surface area (Å²) in [5.41, 5.74) is -1.30. The molecule has 0 bridgehead atoms. The van der Waals surface area contributed by atoms with Gasteiger partial charge in [0.15, 0.2) is 0 Å². The number of hydrogen-bond donors (Lipinski definition) is 4. The molecule has 0 heterocycles. The molecule has 0 saturated carbocycles. The van der Waals surface area contributed by atoms with E-state index in [9.17, 15) is 18.0 Å². The first-order chi connectivity index (χ1) is 8.67. The van der Waals surface area contributed by atoms with Crippen LogP contribution in [0, 0.1) is 0 Å². The first-order valence-corrected chi connectivity index (χ1v) is 7.68. The molecule has 2 amide bonds. The zero-order chi connectivity index (χ0) is 15.1. The third-order valence-corrected chi connectivity index (χ3v) is 3.72. The van der Waals surface area contributed by atoms with Crippen LogP contribution < -0.4 is 15.8 Å². The molecular formula is C10H21N3O5S. The van der Waals surface area contributed by atoms with Crippen molar-refractivity contribution in [2.75, 3.05) is 12.3 Å². The SMILES string of the molecule is CCC(CC)(NC(=O)NCCCS(N)(=O)=O)C(=O)O. The highest BCUT2D eigenvalue weighted by molar-refractivity contribution is 7.89. The minimum Gasteiger partial charge on any atom is -0.480 e. The summed E-state index contributed by atoms with van der Waals surface area (Å²) in [5.74, 6) is -1.34. The van der Waals surface area contributed by atoms with E-state index in [2.05, 4.69) is 10.6 Å². The Kier molecular flexibility index (Phi) is 6.77. The minimum atomic E-state index is -3.55. The van der Waals surface area contributed by atoms with Crippen molar-refractivity contribution in [3.63, 3.8) is 0 Å². The molecule has 0 saturated heterocycles. The molecule has 0 aliphatic carbocycles. The van der Waals surface area contributed by atoms with E-state index in [1.165, 1.54) is 0 Å². The van der Waals surface area contributed by atoms with Gasteiger partial charge in [-0.15, -0.1) is 0 Å². The molecule has 5 N–H and O–H groups in total. The second kappa shape index (κ2) is 7.29. The lowest BCUT2D eigenvalue weighted by Crippen LogP contribution is -2.56. The molecule has 0 rings (SSSR count). The van der Waals surface area contributed by atoms with Crippen LogP contribution in [0.5, 0.6) is 0 Å². The van der Waals surface area contributed by atoms with E-state index in [0.29, 0.717) is 0 Å².